The zero-order chi connectivity index (χ0) is 15.2. The summed E-state index contributed by atoms with van der Waals surface area (Å²) >= 11 is 0. The van der Waals surface area contributed by atoms with Crippen LogP contribution in [0.4, 0.5) is 0 Å². The van der Waals surface area contributed by atoms with Crippen LogP contribution < -0.4 is 5.73 Å². The van der Waals surface area contributed by atoms with Crippen LogP contribution in [0.25, 0.3) is 0 Å². The Morgan fingerprint density at radius 1 is 1.38 bits per heavy atom. The van der Waals surface area contributed by atoms with Crippen LogP contribution in [-0.2, 0) is 0 Å². The lowest BCUT2D eigenvalue weighted by molar-refractivity contribution is 0.0629. The Balaban J connectivity index is 2.15. The molecule has 2 N–H and O–H groups in total. The molecule has 21 heavy (non-hydrogen) atoms. The fraction of sp³-hybridized carbons (Fsp3) is 0.500. The maximum atomic E-state index is 12.7. The van der Waals surface area contributed by atoms with Crippen LogP contribution in [-0.4, -0.2) is 30.4 Å². The fourth-order valence-electron chi connectivity index (χ4n) is 3.11. The molecule has 2 atom stereocenters. The highest BCUT2D eigenvalue weighted by Gasteiger charge is 2.28. The summed E-state index contributed by atoms with van der Waals surface area (Å²) in [6.45, 7) is 2.58. The molecule has 2 unspecified atom stereocenters. The Morgan fingerprint density at radius 3 is 2.86 bits per heavy atom. The molecule has 1 aliphatic rings. The maximum Gasteiger partial charge on any atom is 0.253 e. The number of nitrogens with zero attached hydrogens (tertiary/aromatic N) is 1. The second-order valence-corrected chi connectivity index (χ2v) is 5.83. The first kappa shape index (κ1) is 15.6. The van der Waals surface area contributed by atoms with E-state index in [2.05, 4.69) is 18.8 Å². The average molecular weight is 284 g/mol. The van der Waals surface area contributed by atoms with Crippen LogP contribution >= 0.6 is 0 Å². The summed E-state index contributed by atoms with van der Waals surface area (Å²) in [5.74, 6) is 6.47. The van der Waals surface area contributed by atoms with Crippen LogP contribution in [0.3, 0.4) is 0 Å². The van der Waals surface area contributed by atoms with Crippen molar-refractivity contribution in [3.63, 3.8) is 0 Å². The molecule has 0 aromatic heterocycles. The van der Waals surface area contributed by atoms with Crippen LogP contribution in [0.2, 0.25) is 0 Å². The number of amides is 1. The molecule has 1 saturated carbocycles. The van der Waals surface area contributed by atoms with Gasteiger partial charge in [-0.15, -0.1) is 0 Å². The standard InChI is InChI=1S/C18H24N2O/c1-14-7-3-4-11-17(14)20(2)18(21)16-10-5-8-15(13-16)9-6-12-19/h5,8,10,13-14,17H,3-4,7,11-12,19H2,1-2H3. The van der Waals surface area contributed by atoms with Crippen molar-refractivity contribution >= 4 is 5.91 Å². The van der Waals surface area contributed by atoms with Crippen LogP contribution in [0.15, 0.2) is 24.3 Å². The number of nitrogens with two attached hydrogens (primary N) is 1. The summed E-state index contributed by atoms with van der Waals surface area (Å²) in [6.07, 6.45) is 4.82. The molecule has 3 nitrogen and oxygen atoms in total. The Morgan fingerprint density at radius 2 is 2.14 bits per heavy atom. The number of rotatable bonds is 2. The van der Waals surface area contributed by atoms with Gasteiger partial charge in [-0.05, 0) is 37.0 Å². The first-order valence-corrected chi connectivity index (χ1v) is 7.69. The number of hydrogen-bond acceptors (Lipinski definition) is 2. The summed E-state index contributed by atoms with van der Waals surface area (Å²) in [7, 11) is 1.92. The van der Waals surface area contributed by atoms with Crippen LogP contribution in [0.5, 0.6) is 0 Å². The van der Waals surface area contributed by atoms with Gasteiger partial charge in [-0.1, -0.05) is 37.7 Å². The van der Waals surface area contributed by atoms with E-state index in [0.29, 0.717) is 24.1 Å². The number of benzene rings is 1. The summed E-state index contributed by atoms with van der Waals surface area (Å²) < 4.78 is 0. The van der Waals surface area contributed by atoms with Crippen LogP contribution in [0, 0.1) is 17.8 Å². The van der Waals surface area contributed by atoms with Gasteiger partial charge in [-0.2, -0.15) is 0 Å². The Labute approximate surface area is 127 Å². The molecule has 0 radical (unpaired) electrons. The van der Waals surface area contributed by atoms with E-state index in [9.17, 15) is 4.79 Å². The van der Waals surface area contributed by atoms with E-state index in [-0.39, 0.29) is 5.91 Å². The lowest BCUT2D eigenvalue weighted by Gasteiger charge is -2.36. The minimum absolute atomic E-state index is 0.0881. The zero-order valence-electron chi connectivity index (χ0n) is 12.9. The van der Waals surface area contributed by atoms with Crippen molar-refractivity contribution in [1.29, 1.82) is 0 Å². The van der Waals surface area contributed by atoms with Gasteiger partial charge in [-0.3, -0.25) is 4.79 Å². The third-order valence-electron chi connectivity index (χ3n) is 4.33. The molecule has 1 aromatic rings. The van der Waals surface area contributed by atoms with E-state index in [1.54, 1.807) is 0 Å². The largest absolute Gasteiger partial charge is 0.338 e. The van der Waals surface area contributed by atoms with Gasteiger partial charge in [0.25, 0.3) is 5.91 Å². The second kappa shape index (κ2) is 7.28. The minimum Gasteiger partial charge on any atom is -0.338 e. The molecule has 2 rings (SSSR count). The quantitative estimate of drug-likeness (QED) is 0.849. The minimum atomic E-state index is 0.0881. The van der Waals surface area contributed by atoms with Crippen molar-refractivity contribution in [3.8, 4) is 11.8 Å². The highest BCUT2D eigenvalue weighted by molar-refractivity contribution is 5.94. The van der Waals surface area contributed by atoms with Gasteiger partial charge in [0, 0.05) is 24.2 Å². The molecule has 0 spiro atoms. The molecule has 1 fully saturated rings. The molecule has 0 saturated heterocycles. The molecule has 1 amide bonds. The maximum absolute atomic E-state index is 12.7. The van der Waals surface area contributed by atoms with E-state index < -0.39 is 0 Å². The van der Waals surface area contributed by atoms with E-state index in [1.807, 2.05) is 36.2 Å². The lowest BCUT2D eigenvalue weighted by atomic mass is 9.85. The summed E-state index contributed by atoms with van der Waals surface area (Å²) in [4.78, 5) is 14.6. The normalized spacial score (nSPS) is 21.3. The molecule has 0 aliphatic heterocycles. The van der Waals surface area contributed by atoms with E-state index in [1.165, 1.54) is 19.3 Å². The first-order valence-electron chi connectivity index (χ1n) is 7.69. The van der Waals surface area contributed by atoms with Gasteiger partial charge >= 0.3 is 0 Å². The predicted molar refractivity (Wildman–Crippen MR) is 85.9 cm³/mol. The van der Waals surface area contributed by atoms with E-state index in [4.69, 9.17) is 5.73 Å². The summed E-state index contributed by atoms with van der Waals surface area (Å²) in [5.41, 5.74) is 6.94. The van der Waals surface area contributed by atoms with Crippen LogP contribution in [0.1, 0.15) is 48.5 Å². The number of carbonyl (C=O) groups is 1. The molecule has 0 heterocycles. The highest BCUT2D eigenvalue weighted by Crippen LogP contribution is 2.28. The Kier molecular flexibility index (Phi) is 5.41. The van der Waals surface area contributed by atoms with Gasteiger partial charge in [0.1, 0.15) is 0 Å². The fourth-order valence-corrected chi connectivity index (χ4v) is 3.11. The first-order chi connectivity index (χ1) is 10.1. The summed E-state index contributed by atoms with van der Waals surface area (Å²) in [6, 6.07) is 7.86. The van der Waals surface area contributed by atoms with Gasteiger partial charge in [-0.25, -0.2) is 0 Å². The van der Waals surface area contributed by atoms with Crippen molar-refractivity contribution in [3.05, 3.63) is 35.4 Å². The molecule has 1 aliphatic carbocycles. The van der Waals surface area contributed by atoms with Gasteiger partial charge in [0.2, 0.25) is 0 Å². The third kappa shape index (κ3) is 3.86. The molecule has 1 aromatic carbocycles. The average Bonchev–Trinajstić information content (AvgIpc) is 2.52. The van der Waals surface area contributed by atoms with Gasteiger partial charge in [0.05, 0.1) is 6.54 Å². The molecular formula is C18H24N2O. The second-order valence-electron chi connectivity index (χ2n) is 5.83. The molecular weight excluding hydrogens is 260 g/mol. The topological polar surface area (TPSA) is 46.3 Å². The van der Waals surface area contributed by atoms with E-state index >= 15 is 0 Å². The molecule has 0 bridgehead atoms. The zero-order valence-corrected chi connectivity index (χ0v) is 12.9. The monoisotopic (exact) mass is 284 g/mol. The smallest absolute Gasteiger partial charge is 0.253 e. The van der Waals surface area contributed by atoms with Gasteiger partial charge in [0.15, 0.2) is 0 Å². The highest BCUT2D eigenvalue weighted by atomic mass is 16.2. The van der Waals surface area contributed by atoms with Crippen molar-refractivity contribution in [2.75, 3.05) is 13.6 Å². The van der Waals surface area contributed by atoms with E-state index in [0.717, 1.165) is 12.0 Å². The number of hydrogen-bond donors (Lipinski definition) is 1. The predicted octanol–water partition coefficient (Wildman–Crippen LogP) is 2.65. The van der Waals surface area contributed by atoms with Crippen molar-refractivity contribution in [2.24, 2.45) is 11.7 Å². The van der Waals surface area contributed by atoms with Crippen molar-refractivity contribution in [2.45, 2.75) is 38.6 Å². The Hall–Kier alpha value is -1.79. The van der Waals surface area contributed by atoms with Crippen molar-refractivity contribution in [1.82, 2.24) is 4.90 Å². The van der Waals surface area contributed by atoms with Crippen molar-refractivity contribution < 1.29 is 4.79 Å². The lowest BCUT2D eigenvalue weighted by Crippen LogP contribution is -2.42. The number of carbonyl (C=O) groups excluding carboxylic acids is 1. The Bertz CT molecular complexity index is 556. The SMILES string of the molecule is CC1CCCCC1N(C)C(=O)c1cccc(C#CCN)c1. The summed E-state index contributed by atoms with van der Waals surface area (Å²) in [5, 5.41) is 0. The molecule has 112 valence electrons. The third-order valence-corrected chi connectivity index (χ3v) is 4.33. The molecule has 3 heteroatoms. The van der Waals surface area contributed by atoms with Gasteiger partial charge < -0.3 is 10.6 Å².